The lowest BCUT2D eigenvalue weighted by molar-refractivity contribution is 0.398. The first-order valence-electron chi connectivity index (χ1n) is 8.19. The largest absolute Gasteiger partial charge is 0.507 e. The zero-order chi connectivity index (χ0) is 17.2. The van der Waals surface area contributed by atoms with Crippen molar-refractivity contribution in [2.45, 2.75) is 12.8 Å². The Morgan fingerprint density at radius 3 is 2.80 bits per heavy atom. The first-order chi connectivity index (χ1) is 12.2. The average molecular weight is 334 g/mol. The van der Waals surface area contributed by atoms with Crippen molar-refractivity contribution in [1.82, 2.24) is 15.2 Å². The van der Waals surface area contributed by atoms with E-state index in [0.717, 1.165) is 41.9 Å². The molecule has 0 radical (unpaired) electrons. The number of aromatic nitrogens is 3. The molecule has 2 aromatic heterocycles. The third-order valence-corrected chi connectivity index (χ3v) is 4.34. The van der Waals surface area contributed by atoms with E-state index in [-0.39, 0.29) is 5.75 Å². The summed E-state index contributed by atoms with van der Waals surface area (Å²) in [5.41, 5.74) is 4.30. The highest BCUT2D eigenvalue weighted by Crippen LogP contribution is 2.34. The number of nitrogens with one attached hydrogen (secondary N) is 1. The van der Waals surface area contributed by atoms with E-state index >= 15 is 0 Å². The van der Waals surface area contributed by atoms with Gasteiger partial charge in [-0.25, -0.2) is 4.98 Å². The second-order valence-electron chi connectivity index (χ2n) is 5.95. The minimum atomic E-state index is 0.172. The van der Waals surface area contributed by atoms with Gasteiger partial charge < -0.3 is 15.2 Å². The molecule has 3 aromatic rings. The van der Waals surface area contributed by atoms with Crippen LogP contribution in [0.2, 0.25) is 0 Å². The standard InChI is InChI=1S/C19H18N4O2/c1-25-18-11-13(6-8-20-18)12-4-5-15(17(24)10-12)16-9-14-3-2-7-21-19(14)23-22-16/h4-6,8-11,24H,2-3,7H2,1H3,(H,21,23). The van der Waals surface area contributed by atoms with Gasteiger partial charge >= 0.3 is 0 Å². The summed E-state index contributed by atoms with van der Waals surface area (Å²) in [6, 6.07) is 11.2. The third kappa shape index (κ3) is 2.98. The monoisotopic (exact) mass is 334 g/mol. The first kappa shape index (κ1) is 15.4. The summed E-state index contributed by atoms with van der Waals surface area (Å²) in [6.45, 7) is 0.927. The van der Waals surface area contributed by atoms with Crippen molar-refractivity contribution >= 4 is 5.82 Å². The normalized spacial score (nSPS) is 13.0. The van der Waals surface area contributed by atoms with Gasteiger partial charge in [0, 0.05) is 24.4 Å². The summed E-state index contributed by atoms with van der Waals surface area (Å²) in [5, 5.41) is 22.2. The molecule has 0 fully saturated rings. The van der Waals surface area contributed by atoms with Gasteiger partial charge in [0.2, 0.25) is 5.88 Å². The van der Waals surface area contributed by atoms with E-state index in [4.69, 9.17) is 4.74 Å². The predicted molar refractivity (Wildman–Crippen MR) is 95.7 cm³/mol. The first-order valence-corrected chi connectivity index (χ1v) is 8.19. The van der Waals surface area contributed by atoms with Crippen LogP contribution in [0.5, 0.6) is 11.6 Å². The number of ether oxygens (including phenoxy) is 1. The van der Waals surface area contributed by atoms with E-state index < -0.39 is 0 Å². The van der Waals surface area contributed by atoms with Crippen LogP contribution in [0.15, 0.2) is 42.6 Å². The van der Waals surface area contributed by atoms with Crippen LogP contribution < -0.4 is 10.1 Å². The van der Waals surface area contributed by atoms with Crippen LogP contribution >= 0.6 is 0 Å². The number of nitrogens with zero attached hydrogens (tertiary/aromatic N) is 3. The Hall–Kier alpha value is -3.15. The van der Waals surface area contributed by atoms with Gasteiger partial charge in [0.15, 0.2) is 5.82 Å². The quantitative estimate of drug-likeness (QED) is 0.765. The molecule has 1 aromatic carbocycles. The summed E-state index contributed by atoms with van der Waals surface area (Å²) >= 11 is 0. The van der Waals surface area contributed by atoms with Crippen LogP contribution in [0, 0.1) is 0 Å². The maximum atomic E-state index is 10.5. The fourth-order valence-corrected chi connectivity index (χ4v) is 3.02. The van der Waals surface area contributed by atoms with Crippen LogP contribution in [-0.4, -0.2) is 33.9 Å². The molecule has 0 atom stereocenters. The molecule has 0 saturated heterocycles. The van der Waals surface area contributed by atoms with E-state index in [1.807, 2.05) is 30.3 Å². The summed E-state index contributed by atoms with van der Waals surface area (Å²) in [4.78, 5) is 4.10. The van der Waals surface area contributed by atoms with Crippen LogP contribution in [0.4, 0.5) is 5.82 Å². The van der Waals surface area contributed by atoms with Gasteiger partial charge in [-0.05, 0) is 53.8 Å². The van der Waals surface area contributed by atoms with Gasteiger partial charge in [0.1, 0.15) is 5.75 Å². The minimum absolute atomic E-state index is 0.172. The molecule has 0 bridgehead atoms. The molecule has 25 heavy (non-hydrogen) atoms. The van der Waals surface area contributed by atoms with Gasteiger partial charge in [0.25, 0.3) is 0 Å². The average Bonchev–Trinajstić information content (AvgIpc) is 2.67. The van der Waals surface area contributed by atoms with Gasteiger partial charge in [-0.15, -0.1) is 10.2 Å². The highest BCUT2D eigenvalue weighted by atomic mass is 16.5. The Morgan fingerprint density at radius 1 is 1.08 bits per heavy atom. The molecular weight excluding hydrogens is 316 g/mol. The molecule has 3 heterocycles. The van der Waals surface area contributed by atoms with Crippen LogP contribution in [0.3, 0.4) is 0 Å². The highest BCUT2D eigenvalue weighted by Gasteiger charge is 2.14. The zero-order valence-corrected chi connectivity index (χ0v) is 13.9. The SMILES string of the molecule is COc1cc(-c2ccc(-c3cc4c(nn3)NCCC4)c(O)c2)ccn1. The highest BCUT2D eigenvalue weighted by molar-refractivity contribution is 5.75. The molecular formula is C19H18N4O2. The smallest absolute Gasteiger partial charge is 0.213 e. The fraction of sp³-hybridized carbons (Fsp3) is 0.211. The molecule has 0 unspecified atom stereocenters. The third-order valence-electron chi connectivity index (χ3n) is 4.34. The molecule has 1 aliphatic rings. The number of rotatable bonds is 3. The van der Waals surface area contributed by atoms with Crippen LogP contribution in [0.1, 0.15) is 12.0 Å². The molecule has 0 spiro atoms. The molecule has 2 N–H and O–H groups in total. The van der Waals surface area contributed by atoms with E-state index in [9.17, 15) is 5.11 Å². The number of methoxy groups -OCH3 is 1. The number of hydrogen-bond donors (Lipinski definition) is 2. The Labute approximate surface area is 145 Å². The van der Waals surface area contributed by atoms with Crippen molar-refractivity contribution in [2.75, 3.05) is 19.0 Å². The Bertz CT molecular complexity index is 927. The van der Waals surface area contributed by atoms with E-state index in [2.05, 4.69) is 20.5 Å². The second kappa shape index (κ2) is 6.39. The molecule has 1 aliphatic heterocycles. The van der Waals surface area contributed by atoms with Crippen molar-refractivity contribution in [2.24, 2.45) is 0 Å². The predicted octanol–water partition coefficient (Wildman–Crippen LogP) is 3.28. The number of fused-ring (bicyclic) bond motifs is 1. The molecule has 0 saturated carbocycles. The zero-order valence-electron chi connectivity index (χ0n) is 13.9. The van der Waals surface area contributed by atoms with Crippen LogP contribution in [-0.2, 0) is 6.42 Å². The van der Waals surface area contributed by atoms with E-state index in [0.29, 0.717) is 17.1 Å². The number of aryl methyl sites for hydroxylation is 1. The number of benzene rings is 1. The number of hydrogen-bond acceptors (Lipinski definition) is 6. The number of aromatic hydroxyl groups is 1. The lowest BCUT2D eigenvalue weighted by atomic mass is 10.0. The molecule has 6 nitrogen and oxygen atoms in total. The van der Waals surface area contributed by atoms with Crippen molar-refractivity contribution in [3.8, 4) is 34.0 Å². The number of phenols is 1. The van der Waals surface area contributed by atoms with Crippen molar-refractivity contribution in [3.63, 3.8) is 0 Å². The molecule has 0 amide bonds. The van der Waals surface area contributed by atoms with E-state index in [1.54, 1.807) is 19.4 Å². The van der Waals surface area contributed by atoms with E-state index in [1.165, 1.54) is 0 Å². The molecule has 6 heteroatoms. The molecule has 126 valence electrons. The van der Waals surface area contributed by atoms with Crippen LogP contribution in [0.25, 0.3) is 22.4 Å². The maximum Gasteiger partial charge on any atom is 0.213 e. The lowest BCUT2D eigenvalue weighted by Gasteiger charge is -2.16. The van der Waals surface area contributed by atoms with Gasteiger partial charge in [-0.2, -0.15) is 0 Å². The Balaban J connectivity index is 1.70. The van der Waals surface area contributed by atoms with Gasteiger partial charge in [-0.3, -0.25) is 0 Å². The molecule has 4 rings (SSSR count). The van der Waals surface area contributed by atoms with Crippen molar-refractivity contribution in [1.29, 1.82) is 0 Å². The van der Waals surface area contributed by atoms with Gasteiger partial charge in [0.05, 0.1) is 12.8 Å². The minimum Gasteiger partial charge on any atom is -0.507 e. The van der Waals surface area contributed by atoms with Crippen molar-refractivity contribution in [3.05, 3.63) is 48.2 Å². The molecule has 0 aliphatic carbocycles. The summed E-state index contributed by atoms with van der Waals surface area (Å²) in [6.07, 6.45) is 3.73. The Kier molecular flexibility index (Phi) is 3.93. The Morgan fingerprint density at radius 2 is 1.96 bits per heavy atom. The summed E-state index contributed by atoms with van der Waals surface area (Å²) in [5.74, 6) is 1.55. The maximum absolute atomic E-state index is 10.5. The lowest BCUT2D eigenvalue weighted by Crippen LogP contribution is -2.14. The number of phenolic OH excluding ortho intramolecular Hbond substituents is 1. The van der Waals surface area contributed by atoms with Gasteiger partial charge in [-0.1, -0.05) is 6.07 Å². The summed E-state index contributed by atoms with van der Waals surface area (Å²) < 4.78 is 5.15. The topological polar surface area (TPSA) is 80.2 Å². The van der Waals surface area contributed by atoms with Crippen molar-refractivity contribution < 1.29 is 9.84 Å². The number of pyridine rings is 1. The second-order valence-corrected chi connectivity index (χ2v) is 5.95. The number of anilines is 1. The fourth-order valence-electron chi connectivity index (χ4n) is 3.02. The summed E-state index contributed by atoms with van der Waals surface area (Å²) in [7, 11) is 1.58.